The molecule has 0 aliphatic rings. The van der Waals surface area contributed by atoms with Crippen LogP contribution in [0.15, 0.2) is 23.4 Å². The number of rotatable bonds is 8. The van der Waals surface area contributed by atoms with Gasteiger partial charge in [0.1, 0.15) is 0 Å². The van der Waals surface area contributed by atoms with E-state index in [0.717, 1.165) is 12.1 Å². The summed E-state index contributed by atoms with van der Waals surface area (Å²) in [6.07, 6.45) is 1.60. The number of nitrogens with one attached hydrogen (secondary N) is 2. The van der Waals surface area contributed by atoms with Crippen LogP contribution in [0.4, 0.5) is 0 Å². The Balaban J connectivity index is 2.68. The van der Waals surface area contributed by atoms with E-state index in [4.69, 9.17) is 0 Å². The lowest BCUT2D eigenvalue weighted by Crippen LogP contribution is -2.30. The van der Waals surface area contributed by atoms with Crippen molar-refractivity contribution in [2.24, 2.45) is 11.8 Å². The third-order valence-corrected chi connectivity index (χ3v) is 4.72. The van der Waals surface area contributed by atoms with E-state index in [2.05, 4.69) is 28.9 Å². The number of hydrogen-bond donors (Lipinski definition) is 2. The summed E-state index contributed by atoms with van der Waals surface area (Å²) in [5.41, 5.74) is 0.973. The van der Waals surface area contributed by atoms with Gasteiger partial charge in [-0.25, -0.2) is 18.1 Å². The molecule has 0 aliphatic carbocycles. The third-order valence-electron chi connectivity index (χ3n) is 3.39. The molecule has 2 N–H and O–H groups in total. The number of pyridine rings is 1. The molecule has 20 heavy (non-hydrogen) atoms. The zero-order chi connectivity index (χ0) is 15.2. The molecule has 1 atom stereocenters. The van der Waals surface area contributed by atoms with Crippen molar-refractivity contribution >= 4 is 10.0 Å². The molecule has 0 radical (unpaired) electrons. The highest BCUT2D eigenvalue weighted by Gasteiger charge is 2.17. The predicted molar refractivity (Wildman–Crippen MR) is 80.8 cm³/mol. The molecule has 0 aromatic carbocycles. The molecule has 0 fully saturated rings. The lowest BCUT2D eigenvalue weighted by Gasteiger charge is -2.16. The normalized spacial score (nSPS) is 13.7. The Morgan fingerprint density at radius 2 is 1.95 bits per heavy atom. The minimum absolute atomic E-state index is 0.0775. The van der Waals surface area contributed by atoms with Crippen molar-refractivity contribution in [2.45, 2.75) is 39.3 Å². The molecule has 0 spiro atoms. The molecule has 114 valence electrons. The van der Waals surface area contributed by atoms with Crippen LogP contribution in [0.25, 0.3) is 0 Å². The van der Waals surface area contributed by atoms with Gasteiger partial charge in [0, 0.05) is 19.3 Å². The van der Waals surface area contributed by atoms with Crippen molar-refractivity contribution in [1.82, 2.24) is 15.0 Å². The van der Waals surface area contributed by atoms with Crippen LogP contribution >= 0.6 is 0 Å². The molecule has 0 saturated heterocycles. The highest BCUT2D eigenvalue weighted by atomic mass is 32.2. The Hall–Kier alpha value is -0.980. The average Bonchev–Trinajstić information content (AvgIpc) is 2.43. The van der Waals surface area contributed by atoms with Gasteiger partial charge >= 0.3 is 0 Å². The number of sulfonamides is 1. The van der Waals surface area contributed by atoms with Gasteiger partial charge in [0.25, 0.3) is 10.0 Å². The van der Waals surface area contributed by atoms with Gasteiger partial charge in [-0.3, -0.25) is 0 Å². The number of aromatic nitrogens is 1. The summed E-state index contributed by atoms with van der Waals surface area (Å²) >= 11 is 0. The van der Waals surface area contributed by atoms with Crippen LogP contribution in [0.3, 0.4) is 0 Å². The maximum atomic E-state index is 12.1. The maximum Gasteiger partial charge on any atom is 0.258 e. The zero-order valence-corrected chi connectivity index (χ0v) is 13.5. The van der Waals surface area contributed by atoms with Gasteiger partial charge in [-0.2, -0.15) is 0 Å². The first kappa shape index (κ1) is 17.1. The summed E-state index contributed by atoms with van der Waals surface area (Å²) in [6, 6.07) is 3.34. The monoisotopic (exact) mass is 299 g/mol. The second kappa shape index (κ2) is 7.71. The van der Waals surface area contributed by atoms with E-state index >= 15 is 0 Å². The fourth-order valence-corrected chi connectivity index (χ4v) is 2.56. The van der Waals surface area contributed by atoms with Crippen LogP contribution in [-0.4, -0.2) is 26.5 Å². The molecule has 0 saturated carbocycles. The summed E-state index contributed by atoms with van der Waals surface area (Å²) < 4.78 is 26.8. The van der Waals surface area contributed by atoms with E-state index in [1.54, 1.807) is 18.3 Å². The molecule has 0 amide bonds. The summed E-state index contributed by atoms with van der Waals surface area (Å²) in [5, 5.41) is 3.25. The molecule has 0 bridgehead atoms. The van der Waals surface area contributed by atoms with Crippen molar-refractivity contribution < 1.29 is 8.42 Å². The van der Waals surface area contributed by atoms with E-state index < -0.39 is 10.0 Å². The van der Waals surface area contributed by atoms with E-state index in [-0.39, 0.29) is 10.9 Å². The SMILES string of the molecule is CCNCc1ccc(S(=O)(=O)NCC(C)C(C)C)nc1. The van der Waals surface area contributed by atoms with Gasteiger partial charge < -0.3 is 5.32 Å². The molecule has 1 aromatic heterocycles. The molecular weight excluding hydrogens is 274 g/mol. The first-order valence-electron chi connectivity index (χ1n) is 7.02. The second-order valence-corrected chi connectivity index (χ2v) is 7.07. The fraction of sp³-hybridized carbons (Fsp3) is 0.643. The zero-order valence-electron chi connectivity index (χ0n) is 12.7. The van der Waals surface area contributed by atoms with E-state index in [1.807, 2.05) is 13.8 Å². The molecule has 1 heterocycles. The van der Waals surface area contributed by atoms with Crippen molar-refractivity contribution in [3.8, 4) is 0 Å². The van der Waals surface area contributed by atoms with Gasteiger partial charge in [0.15, 0.2) is 5.03 Å². The predicted octanol–water partition coefficient (Wildman–Crippen LogP) is 1.76. The first-order valence-corrected chi connectivity index (χ1v) is 8.50. The van der Waals surface area contributed by atoms with Gasteiger partial charge in [-0.05, 0) is 30.0 Å². The summed E-state index contributed by atoms with van der Waals surface area (Å²) in [7, 11) is -3.51. The van der Waals surface area contributed by atoms with Crippen LogP contribution in [0.5, 0.6) is 0 Å². The average molecular weight is 299 g/mol. The molecule has 1 unspecified atom stereocenters. The lowest BCUT2D eigenvalue weighted by molar-refractivity contribution is 0.414. The van der Waals surface area contributed by atoms with Gasteiger partial charge in [-0.1, -0.05) is 33.8 Å². The van der Waals surface area contributed by atoms with Crippen LogP contribution in [-0.2, 0) is 16.6 Å². The highest BCUT2D eigenvalue weighted by Crippen LogP contribution is 2.11. The largest absolute Gasteiger partial charge is 0.313 e. The maximum absolute atomic E-state index is 12.1. The summed E-state index contributed by atoms with van der Waals surface area (Å²) in [5.74, 6) is 0.728. The molecular formula is C14H25N3O2S. The smallest absolute Gasteiger partial charge is 0.258 e. The fourth-order valence-electron chi connectivity index (χ4n) is 1.49. The van der Waals surface area contributed by atoms with E-state index in [1.165, 1.54) is 0 Å². The Morgan fingerprint density at radius 3 is 2.45 bits per heavy atom. The minimum atomic E-state index is -3.51. The minimum Gasteiger partial charge on any atom is -0.313 e. The van der Waals surface area contributed by atoms with E-state index in [0.29, 0.717) is 19.0 Å². The second-order valence-electron chi connectivity index (χ2n) is 5.36. The van der Waals surface area contributed by atoms with Gasteiger partial charge in [-0.15, -0.1) is 0 Å². The third kappa shape index (κ3) is 5.19. The molecule has 1 aromatic rings. The van der Waals surface area contributed by atoms with Gasteiger partial charge in [0.05, 0.1) is 0 Å². The first-order chi connectivity index (χ1) is 9.36. The number of nitrogens with zero attached hydrogens (tertiary/aromatic N) is 1. The van der Waals surface area contributed by atoms with Crippen LogP contribution in [0, 0.1) is 11.8 Å². The Morgan fingerprint density at radius 1 is 1.25 bits per heavy atom. The Bertz CT molecular complexity index is 498. The van der Waals surface area contributed by atoms with Crippen LogP contribution in [0.2, 0.25) is 0 Å². The molecule has 1 rings (SSSR count). The molecule has 5 nitrogen and oxygen atoms in total. The van der Waals surface area contributed by atoms with Crippen molar-refractivity contribution in [1.29, 1.82) is 0 Å². The van der Waals surface area contributed by atoms with Crippen molar-refractivity contribution in [3.63, 3.8) is 0 Å². The van der Waals surface area contributed by atoms with Crippen molar-refractivity contribution in [3.05, 3.63) is 23.9 Å². The molecule has 0 aliphatic heterocycles. The topological polar surface area (TPSA) is 71.1 Å². The summed E-state index contributed by atoms with van der Waals surface area (Å²) in [4.78, 5) is 4.04. The van der Waals surface area contributed by atoms with Crippen LogP contribution < -0.4 is 10.0 Å². The highest BCUT2D eigenvalue weighted by molar-refractivity contribution is 7.89. The standard InChI is InChI=1S/C14H25N3O2S/c1-5-15-9-13-6-7-14(16-10-13)20(18,19)17-8-12(4)11(2)3/h6-7,10-12,15,17H,5,8-9H2,1-4H3. The summed E-state index contributed by atoms with van der Waals surface area (Å²) in [6.45, 7) is 10.2. The van der Waals surface area contributed by atoms with Crippen LogP contribution in [0.1, 0.15) is 33.3 Å². The lowest BCUT2D eigenvalue weighted by atomic mass is 9.99. The molecule has 6 heteroatoms. The van der Waals surface area contributed by atoms with Crippen molar-refractivity contribution in [2.75, 3.05) is 13.1 Å². The Labute approximate surface area is 122 Å². The Kier molecular flexibility index (Phi) is 6.58. The van der Waals surface area contributed by atoms with E-state index in [9.17, 15) is 8.42 Å². The number of hydrogen-bond acceptors (Lipinski definition) is 4. The van der Waals surface area contributed by atoms with Gasteiger partial charge in [0.2, 0.25) is 0 Å². The quantitative estimate of drug-likeness (QED) is 0.767.